The van der Waals surface area contributed by atoms with Crippen molar-refractivity contribution in [1.82, 2.24) is 10.2 Å². The smallest absolute Gasteiger partial charge is 0.330 e. The van der Waals surface area contributed by atoms with Gasteiger partial charge in [-0.2, -0.15) is 0 Å². The molecule has 1 rings (SSSR count). The maximum Gasteiger partial charge on any atom is 0.330 e. The molecule has 1 aliphatic rings. The van der Waals surface area contributed by atoms with E-state index in [0.717, 1.165) is 6.42 Å². The van der Waals surface area contributed by atoms with Gasteiger partial charge in [0.1, 0.15) is 6.04 Å². The summed E-state index contributed by atoms with van der Waals surface area (Å²) >= 11 is 0. The van der Waals surface area contributed by atoms with Crippen molar-refractivity contribution in [2.45, 2.75) is 32.7 Å². The maximum absolute atomic E-state index is 12.1. The van der Waals surface area contributed by atoms with Gasteiger partial charge < -0.3 is 19.7 Å². The van der Waals surface area contributed by atoms with Crippen molar-refractivity contribution in [2.75, 3.05) is 39.5 Å². The first-order valence-corrected chi connectivity index (χ1v) is 6.95. The molecule has 1 saturated heterocycles. The number of rotatable bonds is 7. The fraction of sp³-hybridized carbons (Fsp3) is 0.846. The predicted octanol–water partition coefficient (Wildman–Crippen LogP) is 0.167. The van der Waals surface area contributed by atoms with Crippen LogP contribution in [0, 0.1) is 0 Å². The summed E-state index contributed by atoms with van der Waals surface area (Å²) in [6.45, 7) is 6.89. The third kappa shape index (κ3) is 5.16. The molecule has 0 spiro atoms. The van der Waals surface area contributed by atoms with Crippen LogP contribution in [0.3, 0.4) is 0 Å². The maximum atomic E-state index is 12.1. The van der Waals surface area contributed by atoms with E-state index in [9.17, 15) is 9.59 Å². The van der Waals surface area contributed by atoms with E-state index in [2.05, 4.69) is 5.32 Å². The molecule has 1 N–H and O–H groups in total. The van der Waals surface area contributed by atoms with Crippen molar-refractivity contribution < 1.29 is 19.1 Å². The fourth-order valence-corrected chi connectivity index (χ4v) is 2.00. The van der Waals surface area contributed by atoms with Crippen LogP contribution in [0.5, 0.6) is 0 Å². The normalized spacial score (nSPS) is 19.3. The number of nitrogens with zero attached hydrogens (tertiary/aromatic N) is 1. The van der Waals surface area contributed by atoms with E-state index in [1.165, 1.54) is 0 Å². The Labute approximate surface area is 114 Å². The number of ether oxygens (including phenoxy) is 2. The largest absolute Gasteiger partial charge is 0.464 e. The average molecular weight is 272 g/mol. The number of nitrogens with one attached hydrogen (secondary N) is 1. The van der Waals surface area contributed by atoms with Crippen LogP contribution in [0.2, 0.25) is 0 Å². The Morgan fingerprint density at radius 1 is 1.32 bits per heavy atom. The molecule has 0 aliphatic carbocycles. The second kappa shape index (κ2) is 8.87. The number of esters is 1. The van der Waals surface area contributed by atoms with E-state index < -0.39 is 6.04 Å². The third-order valence-electron chi connectivity index (χ3n) is 2.93. The van der Waals surface area contributed by atoms with Crippen molar-refractivity contribution in [3.8, 4) is 0 Å². The highest BCUT2D eigenvalue weighted by Crippen LogP contribution is 2.08. The number of hydrogen-bond acceptors (Lipinski definition) is 5. The van der Waals surface area contributed by atoms with Crippen molar-refractivity contribution in [2.24, 2.45) is 0 Å². The Morgan fingerprint density at radius 3 is 2.79 bits per heavy atom. The Bertz CT molecular complexity index is 296. The van der Waals surface area contributed by atoms with Gasteiger partial charge in [-0.15, -0.1) is 0 Å². The van der Waals surface area contributed by atoms with Gasteiger partial charge in [0.15, 0.2) is 0 Å². The molecule has 19 heavy (non-hydrogen) atoms. The van der Waals surface area contributed by atoms with E-state index in [0.29, 0.717) is 45.9 Å². The number of carbonyl (C=O) groups is 2. The summed E-state index contributed by atoms with van der Waals surface area (Å²) in [5.41, 5.74) is 0. The van der Waals surface area contributed by atoms with E-state index in [4.69, 9.17) is 9.47 Å². The minimum absolute atomic E-state index is 0.0457. The SMILES string of the molecule is CCCOCCC(=O)N1CCNCC1C(=O)OCC. The lowest BCUT2D eigenvalue weighted by atomic mass is 10.1. The van der Waals surface area contributed by atoms with Gasteiger partial charge in [0.05, 0.1) is 19.6 Å². The molecular weight excluding hydrogens is 248 g/mol. The lowest BCUT2D eigenvalue weighted by molar-refractivity contribution is -0.156. The van der Waals surface area contributed by atoms with Crippen molar-refractivity contribution in [1.29, 1.82) is 0 Å². The van der Waals surface area contributed by atoms with Crippen molar-refractivity contribution >= 4 is 11.9 Å². The molecule has 0 saturated carbocycles. The fourth-order valence-electron chi connectivity index (χ4n) is 2.00. The second-order valence-electron chi connectivity index (χ2n) is 4.42. The Hall–Kier alpha value is -1.14. The first-order chi connectivity index (χ1) is 9.20. The molecule has 0 aromatic carbocycles. The predicted molar refractivity (Wildman–Crippen MR) is 70.7 cm³/mol. The van der Waals surface area contributed by atoms with Gasteiger partial charge in [-0.3, -0.25) is 4.79 Å². The van der Waals surface area contributed by atoms with Gasteiger partial charge in [0.25, 0.3) is 0 Å². The highest BCUT2D eigenvalue weighted by atomic mass is 16.5. The summed E-state index contributed by atoms with van der Waals surface area (Å²) < 4.78 is 10.3. The summed E-state index contributed by atoms with van der Waals surface area (Å²) in [6, 6.07) is -0.507. The van der Waals surface area contributed by atoms with Crippen LogP contribution in [0.15, 0.2) is 0 Å². The molecule has 1 amide bonds. The molecule has 0 radical (unpaired) electrons. The minimum atomic E-state index is -0.507. The van der Waals surface area contributed by atoms with Crippen LogP contribution in [-0.2, 0) is 19.1 Å². The third-order valence-corrected chi connectivity index (χ3v) is 2.93. The molecule has 0 bridgehead atoms. The van der Waals surface area contributed by atoms with Crippen LogP contribution in [-0.4, -0.2) is 62.3 Å². The van der Waals surface area contributed by atoms with E-state index >= 15 is 0 Å². The molecule has 1 aliphatic heterocycles. The summed E-state index contributed by atoms with van der Waals surface area (Å²) in [5.74, 6) is -0.381. The van der Waals surface area contributed by atoms with Crippen LogP contribution >= 0.6 is 0 Å². The zero-order valence-corrected chi connectivity index (χ0v) is 11.8. The molecule has 1 atom stereocenters. The van der Waals surface area contributed by atoms with Crippen molar-refractivity contribution in [3.05, 3.63) is 0 Å². The Kier molecular flexibility index (Phi) is 7.43. The Balaban J connectivity index is 2.46. The lowest BCUT2D eigenvalue weighted by Gasteiger charge is -2.34. The monoisotopic (exact) mass is 272 g/mol. The van der Waals surface area contributed by atoms with Gasteiger partial charge in [-0.25, -0.2) is 4.79 Å². The number of amides is 1. The van der Waals surface area contributed by atoms with E-state index in [-0.39, 0.29) is 11.9 Å². The van der Waals surface area contributed by atoms with Gasteiger partial charge in [-0.1, -0.05) is 6.92 Å². The van der Waals surface area contributed by atoms with E-state index in [1.54, 1.807) is 11.8 Å². The molecular formula is C13H24N2O4. The van der Waals surface area contributed by atoms with Crippen LogP contribution < -0.4 is 5.32 Å². The molecule has 0 aromatic heterocycles. The molecule has 1 unspecified atom stereocenters. The molecule has 1 heterocycles. The highest BCUT2D eigenvalue weighted by molar-refractivity contribution is 5.85. The first-order valence-electron chi connectivity index (χ1n) is 6.95. The summed E-state index contributed by atoms with van der Waals surface area (Å²) in [6.07, 6.45) is 1.25. The lowest BCUT2D eigenvalue weighted by Crippen LogP contribution is -2.57. The summed E-state index contributed by atoms with van der Waals surface area (Å²) in [7, 11) is 0. The molecule has 1 fully saturated rings. The van der Waals surface area contributed by atoms with Crippen molar-refractivity contribution in [3.63, 3.8) is 0 Å². The van der Waals surface area contributed by atoms with Gasteiger partial charge in [-0.05, 0) is 13.3 Å². The van der Waals surface area contributed by atoms with Gasteiger partial charge in [0.2, 0.25) is 5.91 Å². The summed E-state index contributed by atoms with van der Waals surface area (Å²) in [5, 5.41) is 3.11. The molecule has 110 valence electrons. The average Bonchev–Trinajstić information content (AvgIpc) is 2.43. The molecule has 6 nitrogen and oxygen atoms in total. The zero-order valence-electron chi connectivity index (χ0n) is 11.8. The number of hydrogen-bond donors (Lipinski definition) is 1. The minimum Gasteiger partial charge on any atom is -0.464 e. The quantitative estimate of drug-likeness (QED) is 0.528. The summed E-state index contributed by atoms with van der Waals surface area (Å²) in [4.78, 5) is 25.5. The standard InChI is InChI=1S/C13H24N2O4/c1-3-8-18-9-5-12(16)15-7-6-14-10-11(15)13(17)19-4-2/h11,14H,3-10H2,1-2H3. The van der Waals surface area contributed by atoms with Crippen LogP contribution in [0.25, 0.3) is 0 Å². The van der Waals surface area contributed by atoms with Crippen LogP contribution in [0.4, 0.5) is 0 Å². The van der Waals surface area contributed by atoms with Gasteiger partial charge in [0, 0.05) is 26.2 Å². The highest BCUT2D eigenvalue weighted by Gasteiger charge is 2.32. The van der Waals surface area contributed by atoms with Gasteiger partial charge >= 0.3 is 5.97 Å². The number of carbonyl (C=O) groups excluding carboxylic acids is 2. The zero-order chi connectivity index (χ0) is 14.1. The Morgan fingerprint density at radius 2 is 2.11 bits per heavy atom. The topological polar surface area (TPSA) is 67.9 Å². The molecule has 6 heteroatoms. The first kappa shape index (κ1) is 15.9. The second-order valence-corrected chi connectivity index (χ2v) is 4.42. The number of piperazine rings is 1. The molecule has 0 aromatic rings. The van der Waals surface area contributed by atoms with E-state index in [1.807, 2.05) is 6.92 Å². The van der Waals surface area contributed by atoms with Crippen LogP contribution in [0.1, 0.15) is 26.7 Å².